The lowest BCUT2D eigenvalue weighted by molar-refractivity contribution is 0.569. The summed E-state index contributed by atoms with van der Waals surface area (Å²) in [5, 5.41) is 0. The Morgan fingerprint density at radius 2 is 2.30 bits per heavy atom. The molecule has 0 saturated heterocycles. The van der Waals surface area contributed by atoms with E-state index in [0.29, 0.717) is 0 Å². The average molecular weight is 139 g/mol. The predicted octanol–water partition coefficient (Wildman–Crippen LogP) is 2.08. The second-order valence-corrected chi connectivity index (χ2v) is 3.45. The zero-order chi connectivity index (χ0) is 7.56. The third-order valence-electron chi connectivity index (χ3n) is 2.43. The average Bonchev–Trinajstić information content (AvgIpc) is 2.34. The van der Waals surface area contributed by atoms with E-state index >= 15 is 0 Å². The van der Waals surface area contributed by atoms with Crippen LogP contribution in [0.25, 0.3) is 0 Å². The van der Waals surface area contributed by atoms with Gasteiger partial charge in [0.15, 0.2) is 0 Å². The first-order valence-corrected chi connectivity index (χ1v) is 4.09. The molecule has 0 aliphatic heterocycles. The zero-order valence-electron chi connectivity index (χ0n) is 6.98. The Labute approximate surface area is 63.3 Å². The Morgan fingerprint density at radius 3 is 2.60 bits per heavy atom. The summed E-state index contributed by atoms with van der Waals surface area (Å²) in [5.41, 5.74) is 8.73. The molecule has 1 aliphatic rings. The molecular formula is C9H17N. The van der Waals surface area contributed by atoms with Crippen LogP contribution in [0.2, 0.25) is 0 Å². The van der Waals surface area contributed by atoms with Crippen LogP contribution in [0.1, 0.15) is 33.1 Å². The fraction of sp³-hybridized carbons (Fsp3) is 0.778. The minimum atomic E-state index is 0.782. The van der Waals surface area contributed by atoms with Crippen molar-refractivity contribution in [3.63, 3.8) is 0 Å². The Kier molecular flexibility index (Phi) is 2.50. The summed E-state index contributed by atoms with van der Waals surface area (Å²) in [7, 11) is 0. The van der Waals surface area contributed by atoms with Gasteiger partial charge in [-0.2, -0.15) is 0 Å². The maximum atomic E-state index is 5.57. The van der Waals surface area contributed by atoms with E-state index in [1.807, 2.05) is 0 Å². The summed E-state index contributed by atoms with van der Waals surface area (Å²) in [5.74, 6) is 0.782. The molecule has 0 aromatic rings. The number of nitrogens with two attached hydrogens (primary N) is 1. The van der Waals surface area contributed by atoms with Crippen LogP contribution in [-0.4, -0.2) is 6.54 Å². The van der Waals surface area contributed by atoms with Gasteiger partial charge in [0, 0.05) is 0 Å². The van der Waals surface area contributed by atoms with E-state index in [9.17, 15) is 0 Å². The first-order valence-electron chi connectivity index (χ1n) is 4.09. The molecule has 0 heterocycles. The largest absolute Gasteiger partial charge is 0.330 e. The quantitative estimate of drug-likeness (QED) is 0.553. The molecule has 1 saturated carbocycles. The van der Waals surface area contributed by atoms with Crippen molar-refractivity contribution in [1.29, 1.82) is 0 Å². The van der Waals surface area contributed by atoms with Crippen molar-refractivity contribution in [2.24, 2.45) is 11.7 Å². The molecule has 1 fully saturated rings. The highest BCUT2D eigenvalue weighted by Gasteiger charge is 2.17. The Bertz CT molecular complexity index is 143. The van der Waals surface area contributed by atoms with Crippen molar-refractivity contribution < 1.29 is 0 Å². The molecule has 2 N–H and O–H groups in total. The van der Waals surface area contributed by atoms with Gasteiger partial charge in [-0.1, -0.05) is 11.1 Å². The van der Waals surface area contributed by atoms with E-state index in [2.05, 4.69) is 13.8 Å². The van der Waals surface area contributed by atoms with Crippen molar-refractivity contribution in [1.82, 2.24) is 0 Å². The molecule has 0 bridgehead atoms. The highest BCUT2D eigenvalue weighted by atomic mass is 14.6. The molecular weight excluding hydrogens is 122 g/mol. The van der Waals surface area contributed by atoms with Crippen molar-refractivity contribution in [2.45, 2.75) is 33.1 Å². The standard InChI is InChI=1S/C9H17N/c1-7(2)9-4-3-8(5-9)6-10/h8H,3-6,10H2,1-2H3. The van der Waals surface area contributed by atoms with Crippen LogP contribution in [0.4, 0.5) is 0 Å². The third-order valence-corrected chi connectivity index (χ3v) is 2.43. The van der Waals surface area contributed by atoms with Crippen molar-refractivity contribution in [3.05, 3.63) is 11.1 Å². The molecule has 10 heavy (non-hydrogen) atoms. The van der Waals surface area contributed by atoms with E-state index in [1.54, 1.807) is 5.57 Å². The molecule has 0 aromatic heterocycles. The molecule has 1 aliphatic carbocycles. The summed E-state index contributed by atoms with van der Waals surface area (Å²) in [6, 6.07) is 0. The van der Waals surface area contributed by atoms with E-state index in [4.69, 9.17) is 5.73 Å². The first kappa shape index (κ1) is 7.80. The second-order valence-electron chi connectivity index (χ2n) is 3.45. The van der Waals surface area contributed by atoms with Gasteiger partial charge >= 0.3 is 0 Å². The van der Waals surface area contributed by atoms with Crippen molar-refractivity contribution in [3.8, 4) is 0 Å². The number of allylic oxidation sites excluding steroid dienone is 2. The van der Waals surface area contributed by atoms with Crippen LogP contribution in [0.5, 0.6) is 0 Å². The SMILES string of the molecule is CC(C)=C1CCC(CN)C1. The summed E-state index contributed by atoms with van der Waals surface area (Å²) in [6.07, 6.45) is 3.88. The maximum Gasteiger partial charge on any atom is -0.00457 e. The minimum Gasteiger partial charge on any atom is -0.330 e. The van der Waals surface area contributed by atoms with Crippen molar-refractivity contribution >= 4 is 0 Å². The second kappa shape index (κ2) is 3.20. The van der Waals surface area contributed by atoms with Gasteiger partial charge in [-0.15, -0.1) is 0 Å². The predicted molar refractivity (Wildman–Crippen MR) is 44.8 cm³/mol. The summed E-state index contributed by atoms with van der Waals surface area (Å²) in [4.78, 5) is 0. The molecule has 1 heteroatoms. The van der Waals surface area contributed by atoms with Crippen LogP contribution >= 0.6 is 0 Å². The van der Waals surface area contributed by atoms with Gasteiger partial charge in [-0.3, -0.25) is 0 Å². The monoisotopic (exact) mass is 139 g/mol. The molecule has 0 radical (unpaired) electrons. The Hall–Kier alpha value is -0.300. The van der Waals surface area contributed by atoms with Gasteiger partial charge in [-0.05, 0) is 45.6 Å². The van der Waals surface area contributed by atoms with Gasteiger partial charge in [0.2, 0.25) is 0 Å². The summed E-state index contributed by atoms with van der Waals surface area (Å²) >= 11 is 0. The van der Waals surface area contributed by atoms with Crippen LogP contribution in [0, 0.1) is 5.92 Å². The number of hydrogen-bond acceptors (Lipinski definition) is 1. The fourth-order valence-electron chi connectivity index (χ4n) is 1.59. The normalized spacial score (nSPS) is 25.5. The van der Waals surface area contributed by atoms with Crippen molar-refractivity contribution in [2.75, 3.05) is 6.54 Å². The fourth-order valence-corrected chi connectivity index (χ4v) is 1.59. The molecule has 1 nitrogen and oxygen atoms in total. The minimum absolute atomic E-state index is 0.782. The zero-order valence-corrected chi connectivity index (χ0v) is 6.98. The Balaban J connectivity index is 2.51. The molecule has 0 spiro atoms. The molecule has 1 atom stereocenters. The third kappa shape index (κ3) is 1.60. The first-order chi connectivity index (χ1) is 4.74. The van der Waals surface area contributed by atoms with E-state index in [-0.39, 0.29) is 0 Å². The van der Waals surface area contributed by atoms with E-state index in [1.165, 1.54) is 24.8 Å². The molecule has 58 valence electrons. The number of hydrogen-bond donors (Lipinski definition) is 1. The van der Waals surface area contributed by atoms with Gasteiger partial charge < -0.3 is 5.73 Å². The van der Waals surface area contributed by atoms with Crippen LogP contribution in [0.3, 0.4) is 0 Å². The van der Waals surface area contributed by atoms with Gasteiger partial charge in [-0.25, -0.2) is 0 Å². The van der Waals surface area contributed by atoms with Gasteiger partial charge in [0.1, 0.15) is 0 Å². The van der Waals surface area contributed by atoms with Gasteiger partial charge in [0.05, 0.1) is 0 Å². The highest BCUT2D eigenvalue weighted by Crippen LogP contribution is 2.31. The van der Waals surface area contributed by atoms with E-state index in [0.717, 1.165) is 12.5 Å². The van der Waals surface area contributed by atoms with Crippen LogP contribution < -0.4 is 5.73 Å². The lowest BCUT2D eigenvalue weighted by atomic mass is 10.1. The van der Waals surface area contributed by atoms with Crippen LogP contribution in [0.15, 0.2) is 11.1 Å². The molecule has 1 unspecified atom stereocenters. The maximum absolute atomic E-state index is 5.57. The smallest absolute Gasteiger partial charge is 0.00457 e. The summed E-state index contributed by atoms with van der Waals surface area (Å²) < 4.78 is 0. The topological polar surface area (TPSA) is 26.0 Å². The Morgan fingerprint density at radius 1 is 1.60 bits per heavy atom. The van der Waals surface area contributed by atoms with Gasteiger partial charge in [0.25, 0.3) is 0 Å². The lowest BCUT2D eigenvalue weighted by Gasteiger charge is -2.02. The number of rotatable bonds is 1. The molecule has 0 aromatic carbocycles. The summed E-state index contributed by atoms with van der Waals surface area (Å²) in [6.45, 7) is 5.28. The molecule has 1 rings (SSSR count). The lowest BCUT2D eigenvalue weighted by Crippen LogP contribution is -2.09. The van der Waals surface area contributed by atoms with E-state index < -0.39 is 0 Å². The van der Waals surface area contributed by atoms with Crippen LogP contribution in [-0.2, 0) is 0 Å². The highest BCUT2D eigenvalue weighted by molar-refractivity contribution is 5.14. The molecule has 0 amide bonds.